The second-order valence-electron chi connectivity index (χ2n) is 8.30. The number of hydrogen-bond donors (Lipinski definition) is 0. The highest BCUT2D eigenvalue weighted by molar-refractivity contribution is 6.33. The highest BCUT2D eigenvalue weighted by Crippen LogP contribution is 2.37. The van der Waals surface area contributed by atoms with Gasteiger partial charge in [0.15, 0.2) is 0 Å². The van der Waals surface area contributed by atoms with Gasteiger partial charge in [-0.3, -0.25) is 4.98 Å². The number of nitrogens with zero attached hydrogens (tertiary/aromatic N) is 4. The first-order chi connectivity index (χ1) is 14.5. The molecule has 0 aromatic carbocycles. The molecule has 0 unspecified atom stereocenters. The zero-order chi connectivity index (χ0) is 22.8. The largest absolute Gasteiger partial charge is 0.444 e. The van der Waals surface area contributed by atoms with Gasteiger partial charge in [0.1, 0.15) is 11.3 Å². The van der Waals surface area contributed by atoms with Crippen molar-refractivity contribution in [3.8, 4) is 0 Å². The standard InChI is InChI=1S/C21H24ClF3N4O2/c1-20(2,3)31-19(30)28-10-7-14(8-11-28)29(17-13-26-9-6-16(17)22)15-4-5-18(27-12-15)21(23,24)25/h4-6,9,12-14H,7-8,10-11H2,1-3H3. The van der Waals surface area contributed by atoms with Crippen LogP contribution in [0, 0.1) is 0 Å². The number of anilines is 2. The molecule has 31 heavy (non-hydrogen) atoms. The van der Waals surface area contributed by atoms with Crippen LogP contribution >= 0.6 is 11.6 Å². The molecule has 2 aromatic rings. The number of ether oxygens (including phenoxy) is 1. The average Bonchev–Trinajstić information content (AvgIpc) is 2.68. The quantitative estimate of drug-likeness (QED) is 0.594. The third-order valence-corrected chi connectivity index (χ3v) is 5.13. The Hall–Kier alpha value is -2.55. The molecule has 0 atom stereocenters. The average molecular weight is 457 g/mol. The van der Waals surface area contributed by atoms with Crippen LogP contribution in [0.3, 0.4) is 0 Å². The van der Waals surface area contributed by atoms with Crippen LogP contribution < -0.4 is 4.90 Å². The summed E-state index contributed by atoms with van der Waals surface area (Å²) in [6, 6.07) is 3.83. The van der Waals surface area contributed by atoms with Gasteiger partial charge >= 0.3 is 12.3 Å². The SMILES string of the molecule is CC(C)(C)OC(=O)N1CCC(N(c2ccc(C(F)(F)F)nc2)c2cnccc2Cl)CC1. The number of carbonyl (C=O) groups is 1. The lowest BCUT2D eigenvalue weighted by atomic mass is 10.0. The van der Waals surface area contributed by atoms with Gasteiger partial charge in [-0.2, -0.15) is 13.2 Å². The highest BCUT2D eigenvalue weighted by atomic mass is 35.5. The van der Waals surface area contributed by atoms with Crippen molar-refractivity contribution in [2.75, 3.05) is 18.0 Å². The molecule has 2 aromatic heterocycles. The lowest BCUT2D eigenvalue weighted by molar-refractivity contribution is -0.141. The van der Waals surface area contributed by atoms with E-state index in [9.17, 15) is 18.0 Å². The van der Waals surface area contributed by atoms with Crippen LogP contribution in [-0.4, -0.2) is 45.7 Å². The van der Waals surface area contributed by atoms with Crippen LogP contribution in [0.15, 0.2) is 36.8 Å². The van der Waals surface area contributed by atoms with Gasteiger partial charge in [0.2, 0.25) is 0 Å². The molecule has 3 heterocycles. The Kier molecular flexibility index (Phi) is 6.64. The third-order valence-electron chi connectivity index (χ3n) is 4.81. The molecule has 1 saturated heterocycles. The number of hydrogen-bond acceptors (Lipinski definition) is 5. The monoisotopic (exact) mass is 456 g/mol. The van der Waals surface area contributed by atoms with E-state index in [2.05, 4.69) is 9.97 Å². The minimum Gasteiger partial charge on any atom is -0.444 e. The fraction of sp³-hybridized carbons (Fsp3) is 0.476. The maximum absolute atomic E-state index is 12.9. The third kappa shape index (κ3) is 5.78. The van der Waals surface area contributed by atoms with E-state index in [1.165, 1.54) is 12.3 Å². The van der Waals surface area contributed by atoms with Crippen molar-refractivity contribution in [2.45, 2.75) is 51.4 Å². The zero-order valence-electron chi connectivity index (χ0n) is 17.5. The summed E-state index contributed by atoms with van der Waals surface area (Å²) in [6.45, 7) is 6.31. The Morgan fingerprint density at radius 3 is 2.35 bits per heavy atom. The predicted octanol–water partition coefficient (Wildman–Crippen LogP) is 5.69. The molecular formula is C21H24ClF3N4O2. The summed E-state index contributed by atoms with van der Waals surface area (Å²) in [6.07, 6.45) is 0.547. The molecule has 10 heteroatoms. The maximum Gasteiger partial charge on any atom is 0.433 e. The van der Waals surface area contributed by atoms with E-state index in [1.54, 1.807) is 44.1 Å². The topological polar surface area (TPSA) is 58.6 Å². The van der Waals surface area contributed by atoms with Gasteiger partial charge in [-0.15, -0.1) is 0 Å². The van der Waals surface area contributed by atoms with Crippen molar-refractivity contribution in [2.24, 2.45) is 0 Å². The summed E-state index contributed by atoms with van der Waals surface area (Å²) in [5.41, 5.74) is -0.511. The minimum absolute atomic E-state index is 0.112. The molecule has 168 valence electrons. The van der Waals surface area contributed by atoms with E-state index in [4.69, 9.17) is 16.3 Å². The van der Waals surface area contributed by atoms with Gasteiger partial charge < -0.3 is 14.5 Å². The summed E-state index contributed by atoms with van der Waals surface area (Å²) in [5, 5.41) is 0.421. The van der Waals surface area contributed by atoms with E-state index in [-0.39, 0.29) is 12.1 Å². The van der Waals surface area contributed by atoms with Crippen molar-refractivity contribution in [3.63, 3.8) is 0 Å². The van der Waals surface area contributed by atoms with Crippen molar-refractivity contribution in [3.05, 3.63) is 47.5 Å². The second-order valence-corrected chi connectivity index (χ2v) is 8.70. The molecule has 1 amide bonds. The summed E-state index contributed by atoms with van der Waals surface area (Å²) < 4.78 is 44.3. The predicted molar refractivity (Wildman–Crippen MR) is 111 cm³/mol. The number of likely N-dealkylation sites (tertiary alicyclic amines) is 1. The van der Waals surface area contributed by atoms with Gasteiger partial charge in [-0.25, -0.2) is 9.78 Å². The molecule has 0 N–H and O–H groups in total. The normalized spacial score (nSPS) is 15.6. The first kappa shape index (κ1) is 23.1. The number of rotatable bonds is 3. The van der Waals surface area contributed by atoms with Crippen LogP contribution in [0.5, 0.6) is 0 Å². The van der Waals surface area contributed by atoms with Crippen molar-refractivity contribution in [1.29, 1.82) is 0 Å². The van der Waals surface area contributed by atoms with Gasteiger partial charge in [-0.05, 0) is 51.8 Å². The summed E-state index contributed by atoms with van der Waals surface area (Å²) in [4.78, 5) is 23.5. The highest BCUT2D eigenvalue weighted by Gasteiger charge is 2.34. The van der Waals surface area contributed by atoms with Crippen LogP contribution in [0.25, 0.3) is 0 Å². The fourth-order valence-corrected chi connectivity index (χ4v) is 3.62. The van der Waals surface area contributed by atoms with E-state index < -0.39 is 17.5 Å². The lowest BCUT2D eigenvalue weighted by Gasteiger charge is -2.40. The molecule has 1 aliphatic rings. The van der Waals surface area contributed by atoms with Gasteiger partial charge in [0.05, 0.1) is 28.8 Å². The lowest BCUT2D eigenvalue weighted by Crippen LogP contribution is -2.47. The first-order valence-corrected chi connectivity index (χ1v) is 10.2. The molecule has 0 aliphatic carbocycles. The molecule has 6 nitrogen and oxygen atoms in total. The Labute approximate surface area is 184 Å². The smallest absolute Gasteiger partial charge is 0.433 e. The Morgan fingerprint density at radius 2 is 1.84 bits per heavy atom. The molecule has 0 radical (unpaired) electrons. The molecule has 1 aliphatic heterocycles. The van der Waals surface area contributed by atoms with Crippen LogP contribution in [0.2, 0.25) is 5.02 Å². The van der Waals surface area contributed by atoms with Crippen molar-refractivity contribution in [1.82, 2.24) is 14.9 Å². The van der Waals surface area contributed by atoms with E-state index in [1.807, 2.05) is 4.90 Å². The van der Waals surface area contributed by atoms with E-state index in [0.717, 1.165) is 6.07 Å². The summed E-state index contributed by atoms with van der Waals surface area (Å²) in [5.74, 6) is 0. The van der Waals surface area contributed by atoms with Gasteiger partial charge in [0.25, 0.3) is 0 Å². The number of pyridine rings is 2. The number of aromatic nitrogens is 2. The molecule has 3 rings (SSSR count). The van der Waals surface area contributed by atoms with Gasteiger partial charge in [-0.1, -0.05) is 11.6 Å². The van der Waals surface area contributed by atoms with E-state index >= 15 is 0 Å². The summed E-state index contributed by atoms with van der Waals surface area (Å²) in [7, 11) is 0. The van der Waals surface area contributed by atoms with Crippen LogP contribution in [0.1, 0.15) is 39.3 Å². The molecular weight excluding hydrogens is 433 g/mol. The van der Waals surface area contributed by atoms with Gasteiger partial charge in [0, 0.05) is 25.3 Å². The Balaban J connectivity index is 1.84. The second kappa shape index (κ2) is 8.90. The number of piperidine rings is 1. The van der Waals surface area contributed by atoms with Crippen LogP contribution in [-0.2, 0) is 10.9 Å². The Bertz CT molecular complexity index is 908. The minimum atomic E-state index is -4.52. The molecule has 1 fully saturated rings. The molecule has 0 bridgehead atoms. The van der Waals surface area contributed by atoms with Crippen molar-refractivity contribution >= 4 is 29.1 Å². The number of carbonyl (C=O) groups excluding carboxylic acids is 1. The summed E-state index contributed by atoms with van der Waals surface area (Å²) >= 11 is 6.38. The number of halogens is 4. The fourth-order valence-electron chi connectivity index (χ4n) is 3.42. The maximum atomic E-state index is 12.9. The molecule has 0 saturated carbocycles. The molecule has 0 spiro atoms. The Morgan fingerprint density at radius 1 is 1.16 bits per heavy atom. The van der Waals surface area contributed by atoms with Crippen LogP contribution in [0.4, 0.5) is 29.3 Å². The number of amides is 1. The zero-order valence-corrected chi connectivity index (χ0v) is 18.2. The number of alkyl halides is 3. The van der Waals surface area contributed by atoms with Crippen molar-refractivity contribution < 1.29 is 22.7 Å². The first-order valence-electron chi connectivity index (χ1n) is 9.85. The van der Waals surface area contributed by atoms with E-state index in [0.29, 0.717) is 42.3 Å².